The molecule has 0 aromatic heterocycles. The van der Waals surface area contributed by atoms with Crippen molar-refractivity contribution in [2.24, 2.45) is 5.10 Å². The standard InChI is InChI=1S/C25H24FN3O3/c26-23-16-19(6-11-24(23)29-12-14-31-15-13-29)17-27-28-25(30)18-32-22-9-7-21(8-10-22)20-4-2-1-3-5-20/h1-11,16-17H,12-15,18H2,(H,28,30)/b27-17+. The molecule has 0 aliphatic carbocycles. The van der Waals surface area contributed by atoms with E-state index in [9.17, 15) is 9.18 Å². The second-order valence-electron chi connectivity index (χ2n) is 7.28. The second kappa shape index (κ2) is 10.5. The Hall–Kier alpha value is -3.71. The summed E-state index contributed by atoms with van der Waals surface area (Å²) in [5, 5.41) is 3.89. The lowest BCUT2D eigenvalue weighted by molar-refractivity contribution is -0.123. The quantitative estimate of drug-likeness (QED) is 0.454. The average Bonchev–Trinajstić information content (AvgIpc) is 2.84. The fourth-order valence-corrected chi connectivity index (χ4v) is 3.40. The summed E-state index contributed by atoms with van der Waals surface area (Å²) in [4.78, 5) is 13.9. The molecule has 7 heteroatoms. The van der Waals surface area contributed by atoms with Crippen molar-refractivity contribution >= 4 is 17.8 Å². The van der Waals surface area contributed by atoms with Crippen LogP contribution >= 0.6 is 0 Å². The van der Waals surface area contributed by atoms with Crippen LogP contribution in [0.1, 0.15) is 5.56 Å². The summed E-state index contributed by atoms with van der Waals surface area (Å²) in [5.41, 5.74) is 5.67. The van der Waals surface area contributed by atoms with Crippen molar-refractivity contribution in [3.63, 3.8) is 0 Å². The molecule has 1 heterocycles. The van der Waals surface area contributed by atoms with Gasteiger partial charge in [-0.25, -0.2) is 9.82 Å². The summed E-state index contributed by atoms with van der Waals surface area (Å²) in [5.74, 6) is -0.146. The first-order valence-corrected chi connectivity index (χ1v) is 10.4. The van der Waals surface area contributed by atoms with Crippen molar-refractivity contribution in [3.8, 4) is 16.9 Å². The average molecular weight is 433 g/mol. The van der Waals surface area contributed by atoms with Gasteiger partial charge in [0.25, 0.3) is 5.91 Å². The largest absolute Gasteiger partial charge is 0.484 e. The van der Waals surface area contributed by atoms with Crippen LogP contribution in [0.2, 0.25) is 0 Å². The second-order valence-corrected chi connectivity index (χ2v) is 7.28. The molecule has 0 unspecified atom stereocenters. The van der Waals surface area contributed by atoms with Crippen LogP contribution in [0, 0.1) is 5.82 Å². The third kappa shape index (κ3) is 5.70. The van der Waals surface area contributed by atoms with Gasteiger partial charge < -0.3 is 14.4 Å². The van der Waals surface area contributed by atoms with E-state index in [0.717, 1.165) is 11.1 Å². The lowest BCUT2D eigenvalue weighted by Crippen LogP contribution is -2.36. The lowest BCUT2D eigenvalue weighted by atomic mass is 10.1. The van der Waals surface area contributed by atoms with E-state index >= 15 is 0 Å². The number of carbonyl (C=O) groups is 1. The summed E-state index contributed by atoms with van der Waals surface area (Å²) < 4.78 is 25.2. The summed E-state index contributed by atoms with van der Waals surface area (Å²) in [6.45, 7) is 2.33. The molecule has 0 saturated carbocycles. The number of amides is 1. The maximum absolute atomic E-state index is 14.4. The van der Waals surface area contributed by atoms with Crippen molar-refractivity contribution in [3.05, 3.63) is 84.2 Å². The van der Waals surface area contributed by atoms with Gasteiger partial charge >= 0.3 is 0 Å². The lowest BCUT2D eigenvalue weighted by Gasteiger charge is -2.29. The summed E-state index contributed by atoms with van der Waals surface area (Å²) in [6.07, 6.45) is 1.40. The molecule has 0 bridgehead atoms. The van der Waals surface area contributed by atoms with Crippen LogP contribution in [0.25, 0.3) is 11.1 Å². The molecular formula is C25H24FN3O3. The van der Waals surface area contributed by atoms with E-state index in [1.165, 1.54) is 12.3 Å². The van der Waals surface area contributed by atoms with Crippen molar-refractivity contribution < 1.29 is 18.7 Å². The van der Waals surface area contributed by atoms with Gasteiger partial charge in [-0.05, 0) is 41.0 Å². The van der Waals surface area contributed by atoms with E-state index in [1.807, 2.05) is 59.5 Å². The smallest absolute Gasteiger partial charge is 0.277 e. The Morgan fingerprint density at radius 3 is 2.47 bits per heavy atom. The first kappa shape index (κ1) is 21.5. The molecule has 1 saturated heterocycles. The minimum atomic E-state index is -0.404. The number of anilines is 1. The summed E-state index contributed by atoms with van der Waals surface area (Å²) in [7, 11) is 0. The van der Waals surface area contributed by atoms with Gasteiger partial charge in [0.05, 0.1) is 25.1 Å². The molecule has 3 aromatic carbocycles. The molecule has 1 aliphatic rings. The zero-order chi connectivity index (χ0) is 22.2. The van der Waals surface area contributed by atoms with Gasteiger partial charge in [-0.15, -0.1) is 0 Å². The van der Waals surface area contributed by atoms with Gasteiger partial charge in [0.1, 0.15) is 11.6 Å². The van der Waals surface area contributed by atoms with Gasteiger partial charge in [-0.2, -0.15) is 5.10 Å². The van der Waals surface area contributed by atoms with Crippen LogP contribution in [-0.2, 0) is 9.53 Å². The Morgan fingerprint density at radius 1 is 1.03 bits per heavy atom. The SMILES string of the molecule is O=C(COc1ccc(-c2ccccc2)cc1)N/N=C/c1ccc(N2CCOCC2)c(F)c1. The molecular weight excluding hydrogens is 409 g/mol. The Balaban J connectivity index is 1.25. The van der Waals surface area contributed by atoms with E-state index in [4.69, 9.17) is 9.47 Å². The number of carbonyl (C=O) groups excluding carboxylic acids is 1. The van der Waals surface area contributed by atoms with Crippen LogP contribution in [0.15, 0.2) is 77.9 Å². The summed E-state index contributed by atoms with van der Waals surface area (Å²) >= 11 is 0. The van der Waals surface area contributed by atoms with Crippen molar-refractivity contribution in [2.75, 3.05) is 37.8 Å². The predicted octanol–water partition coefficient (Wildman–Crippen LogP) is 3.86. The molecule has 3 aromatic rings. The highest BCUT2D eigenvalue weighted by Crippen LogP contribution is 2.22. The highest BCUT2D eigenvalue weighted by molar-refractivity contribution is 5.83. The minimum absolute atomic E-state index is 0.174. The number of benzene rings is 3. The van der Waals surface area contributed by atoms with E-state index < -0.39 is 5.91 Å². The molecule has 4 rings (SSSR count). The van der Waals surface area contributed by atoms with Crippen LogP contribution in [0.5, 0.6) is 5.75 Å². The summed E-state index contributed by atoms with van der Waals surface area (Å²) in [6, 6.07) is 22.4. The van der Waals surface area contributed by atoms with Gasteiger partial charge in [0.2, 0.25) is 0 Å². The van der Waals surface area contributed by atoms with E-state index in [0.29, 0.717) is 43.3 Å². The van der Waals surface area contributed by atoms with E-state index in [1.54, 1.807) is 12.1 Å². The molecule has 0 radical (unpaired) electrons. The first-order valence-electron chi connectivity index (χ1n) is 10.4. The van der Waals surface area contributed by atoms with Crippen LogP contribution in [-0.4, -0.2) is 45.0 Å². The molecule has 0 spiro atoms. The highest BCUT2D eigenvalue weighted by atomic mass is 19.1. The minimum Gasteiger partial charge on any atom is -0.484 e. The van der Waals surface area contributed by atoms with Crippen LogP contribution in [0.3, 0.4) is 0 Å². The molecule has 1 aliphatic heterocycles. The highest BCUT2D eigenvalue weighted by Gasteiger charge is 2.15. The number of hydrazone groups is 1. The zero-order valence-corrected chi connectivity index (χ0v) is 17.5. The number of nitrogens with one attached hydrogen (secondary N) is 1. The fraction of sp³-hybridized carbons (Fsp3) is 0.200. The third-order valence-electron chi connectivity index (χ3n) is 5.06. The first-order chi connectivity index (χ1) is 15.7. The molecule has 0 atom stereocenters. The topological polar surface area (TPSA) is 63.2 Å². The number of morpholine rings is 1. The Kier molecular flexibility index (Phi) is 7.09. The van der Waals surface area contributed by atoms with E-state index in [2.05, 4.69) is 10.5 Å². The monoisotopic (exact) mass is 433 g/mol. The number of ether oxygens (including phenoxy) is 2. The van der Waals surface area contributed by atoms with E-state index in [-0.39, 0.29) is 12.4 Å². The van der Waals surface area contributed by atoms with Crippen molar-refractivity contribution in [2.45, 2.75) is 0 Å². The number of halogens is 1. The maximum Gasteiger partial charge on any atom is 0.277 e. The van der Waals surface area contributed by atoms with Crippen LogP contribution in [0.4, 0.5) is 10.1 Å². The van der Waals surface area contributed by atoms with Crippen molar-refractivity contribution in [1.82, 2.24) is 5.43 Å². The van der Waals surface area contributed by atoms with Gasteiger partial charge in [0.15, 0.2) is 6.61 Å². The van der Waals surface area contributed by atoms with Gasteiger partial charge in [-0.1, -0.05) is 48.5 Å². The Bertz CT molecular complexity index is 1070. The fourth-order valence-electron chi connectivity index (χ4n) is 3.40. The molecule has 1 amide bonds. The predicted molar refractivity (Wildman–Crippen MR) is 123 cm³/mol. The number of hydrogen-bond acceptors (Lipinski definition) is 5. The maximum atomic E-state index is 14.4. The Labute approximate surface area is 186 Å². The van der Waals surface area contributed by atoms with Crippen LogP contribution < -0.4 is 15.1 Å². The number of hydrogen-bond donors (Lipinski definition) is 1. The normalized spacial score (nSPS) is 13.8. The molecule has 1 fully saturated rings. The Morgan fingerprint density at radius 2 is 1.75 bits per heavy atom. The number of rotatable bonds is 7. The molecule has 6 nitrogen and oxygen atoms in total. The van der Waals surface area contributed by atoms with Gasteiger partial charge in [-0.3, -0.25) is 4.79 Å². The number of nitrogens with zero attached hydrogens (tertiary/aromatic N) is 2. The van der Waals surface area contributed by atoms with Gasteiger partial charge in [0, 0.05) is 13.1 Å². The molecule has 164 valence electrons. The van der Waals surface area contributed by atoms with Crippen molar-refractivity contribution in [1.29, 1.82) is 0 Å². The third-order valence-corrected chi connectivity index (χ3v) is 5.06. The zero-order valence-electron chi connectivity index (χ0n) is 17.5. The molecule has 1 N–H and O–H groups in total. The molecule has 32 heavy (non-hydrogen) atoms.